The van der Waals surface area contributed by atoms with Crippen LogP contribution >= 0.6 is 0 Å². The number of rotatable bonds is 8. The van der Waals surface area contributed by atoms with Gasteiger partial charge in [0.1, 0.15) is 11.3 Å². The summed E-state index contributed by atoms with van der Waals surface area (Å²) in [5.41, 5.74) is 5.76. The third-order valence-electron chi connectivity index (χ3n) is 4.72. The molecule has 1 N–H and O–H groups in total. The number of amides is 1. The van der Waals surface area contributed by atoms with Gasteiger partial charge in [0.15, 0.2) is 0 Å². The van der Waals surface area contributed by atoms with Crippen molar-refractivity contribution < 1.29 is 18.7 Å². The molecule has 3 rings (SSSR count). The standard InChI is InChI=1S/C24H27NO4/c1-5-28-22-14-23-20(21(15-29-23)18-8-6-16(2)7-9-18)13-19(22)17(3)12-24(26)25-10-11-27-4/h6-9,12-15H,5,10-11H2,1-4H3,(H,25,26)/b17-12+. The molecule has 0 saturated carbocycles. The fourth-order valence-corrected chi connectivity index (χ4v) is 3.20. The van der Waals surface area contributed by atoms with Gasteiger partial charge in [-0.3, -0.25) is 4.79 Å². The van der Waals surface area contributed by atoms with Gasteiger partial charge in [-0.2, -0.15) is 0 Å². The molecule has 0 fully saturated rings. The Morgan fingerprint density at radius 2 is 1.97 bits per heavy atom. The van der Waals surface area contributed by atoms with E-state index in [1.165, 1.54) is 5.56 Å². The fraction of sp³-hybridized carbons (Fsp3) is 0.292. The topological polar surface area (TPSA) is 60.7 Å². The smallest absolute Gasteiger partial charge is 0.244 e. The highest BCUT2D eigenvalue weighted by Gasteiger charge is 2.15. The van der Waals surface area contributed by atoms with Gasteiger partial charge >= 0.3 is 0 Å². The largest absolute Gasteiger partial charge is 0.493 e. The second-order valence-corrected chi connectivity index (χ2v) is 6.90. The number of methoxy groups -OCH3 is 1. The first-order valence-corrected chi connectivity index (χ1v) is 9.74. The molecule has 1 amide bonds. The molecule has 0 atom stereocenters. The number of hydrogen-bond donors (Lipinski definition) is 1. The Kier molecular flexibility index (Phi) is 6.73. The van der Waals surface area contributed by atoms with E-state index in [9.17, 15) is 4.79 Å². The van der Waals surface area contributed by atoms with Crippen LogP contribution in [0.4, 0.5) is 0 Å². The summed E-state index contributed by atoms with van der Waals surface area (Å²) < 4.78 is 16.6. The van der Waals surface area contributed by atoms with E-state index in [0.29, 0.717) is 25.5 Å². The van der Waals surface area contributed by atoms with Crippen molar-refractivity contribution in [2.45, 2.75) is 20.8 Å². The molecule has 0 bridgehead atoms. The lowest BCUT2D eigenvalue weighted by atomic mass is 9.99. The summed E-state index contributed by atoms with van der Waals surface area (Å²) in [6, 6.07) is 12.3. The highest BCUT2D eigenvalue weighted by molar-refractivity contribution is 6.00. The van der Waals surface area contributed by atoms with Gasteiger partial charge in [0.2, 0.25) is 5.91 Å². The van der Waals surface area contributed by atoms with Crippen LogP contribution in [-0.2, 0) is 9.53 Å². The third-order valence-corrected chi connectivity index (χ3v) is 4.72. The van der Waals surface area contributed by atoms with E-state index in [0.717, 1.165) is 33.2 Å². The van der Waals surface area contributed by atoms with Gasteiger partial charge in [0, 0.05) is 42.3 Å². The van der Waals surface area contributed by atoms with Gasteiger partial charge < -0.3 is 19.2 Å². The second kappa shape index (κ2) is 9.43. The fourth-order valence-electron chi connectivity index (χ4n) is 3.20. The molecule has 0 aliphatic heterocycles. The number of ether oxygens (including phenoxy) is 2. The molecule has 5 nitrogen and oxygen atoms in total. The first-order chi connectivity index (χ1) is 14.0. The SMILES string of the molecule is CCOc1cc2occ(-c3ccc(C)cc3)c2cc1/C(C)=C/C(=O)NCCOC. The van der Waals surface area contributed by atoms with Gasteiger partial charge in [-0.15, -0.1) is 0 Å². The number of hydrogen-bond acceptors (Lipinski definition) is 4. The summed E-state index contributed by atoms with van der Waals surface area (Å²) in [4.78, 5) is 12.2. The minimum atomic E-state index is -0.159. The minimum Gasteiger partial charge on any atom is -0.493 e. The average Bonchev–Trinajstić information content (AvgIpc) is 3.11. The predicted octanol–water partition coefficient (Wildman–Crippen LogP) is 4.97. The Balaban J connectivity index is 2.02. The van der Waals surface area contributed by atoms with Crippen LogP contribution in [0.3, 0.4) is 0 Å². The molecular weight excluding hydrogens is 366 g/mol. The van der Waals surface area contributed by atoms with Gasteiger partial charge in [0.05, 0.1) is 19.5 Å². The summed E-state index contributed by atoms with van der Waals surface area (Å²) in [7, 11) is 1.60. The lowest BCUT2D eigenvalue weighted by molar-refractivity contribution is -0.116. The molecule has 2 aromatic carbocycles. The molecule has 0 spiro atoms. The lowest BCUT2D eigenvalue weighted by Gasteiger charge is -2.12. The van der Waals surface area contributed by atoms with Gasteiger partial charge in [-0.25, -0.2) is 0 Å². The molecule has 1 aromatic heterocycles. The number of fused-ring (bicyclic) bond motifs is 1. The van der Waals surface area contributed by atoms with E-state index in [-0.39, 0.29) is 5.91 Å². The van der Waals surface area contributed by atoms with E-state index in [1.54, 1.807) is 19.4 Å². The number of carbonyl (C=O) groups is 1. The summed E-state index contributed by atoms with van der Waals surface area (Å²) in [5.74, 6) is 0.538. The minimum absolute atomic E-state index is 0.159. The average molecular weight is 393 g/mol. The monoisotopic (exact) mass is 393 g/mol. The van der Waals surface area contributed by atoms with E-state index in [4.69, 9.17) is 13.9 Å². The van der Waals surface area contributed by atoms with E-state index >= 15 is 0 Å². The summed E-state index contributed by atoms with van der Waals surface area (Å²) in [6.45, 7) is 7.38. The van der Waals surface area contributed by atoms with Crippen LogP contribution in [0, 0.1) is 6.92 Å². The number of aryl methyl sites for hydroxylation is 1. The maximum atomic E-state index is 12.2. The molecule has 0 saturated heterocycles. The van der Waals surface area contributed by atoms with Crippen LogP contribution in [-0.4, -0.2) is 32.8 Å². The highest BCUT2D eigenvalue weighted by Crippen LogP contribution is 2.37. The summed E-state index contributed by atoms with van der Waals surface area (Å²) in [5, 5.41) is 3.80. The maximum Gasteiger partial charge on any atom is 0.244 e. The van der Waals surface area contributed by atoms with Crippen LogP contribution in [0.2, 0.25) is 0 Å². The Morgan fingerprint density at radius 3 is 2.66 bits per heavy atom. The first kappa shape index (κ1) is 20.7. The molecular formula is C24H27NO4. The van der Waals surface area contributed by atoms with Crippen LogP contribution in [0.5, 0.6) is 5.75 Å². The Morgan fingerprint density at radius 1 is 1.21 bits per heavy atom. The summed E-state index contributed by atoms with van der Waals surface area (Å²) in [6.07, 6.45) is 3.36. The molecule has 0 aliphatic rings. The van der Waals surface area contributed by atoms with E-state index < -0.39 is 0 Å². The van der Waals surface area contributed by atoms with Crippen molar-refractivity contribution in [1.29, 1.82) is 0 Å². The highest BCUT2D eigenvalue weighted by atomic mass is 16.5. The van der Waals surface area contributed by atoms with Crippen molar-refractivity contribution in [3.05, 3.63) is 59.9 Å². The molecule has 152 valence electrons. The predicted molar refractivity (Wildman–Crippen MR) is 116 cm³/mol. The zero-order valence-corrected chi connectivity index (χ0v) is 17.4. The van der Waals surface area contributed by atoms with Crippen LogP contribution < -0.4 is 10.1 Å². The normalized spacial score (nSPS) is 11.7. The lowest BCUT2D eigenvalue weighted by Crippen LogP contribution is -2.25. The van der Waals surface area contributed by atoms with Crippen molar-refractivity contribution in [2.24, 2.45) is 0 Å². The van der Waals surface area contributed by atoms with E-state index in [1.807, 2.05) is 26.0 Å². The van der Waals surface area contributed by atoms with Crippen molar-refractivity contribution in [1.82, 2.24) is 5.32 Å². The van der Waals surface area contributed by atoms with Crippen molar-refractivity contribution in [3.63, 3.8) is 0 Å². The van der Waals surface area contributed by atoms with Gasteiger partial charge in [-0.05, 0) is 38.0 Å². The number of nitrogens with one attached hydrogen (secondary N) is 1. The molecule has 0 radical (unpaired) electrons. The van der Waals surface area contributed by atoms with Gasteiger partial charge in [0.25, 0.3) is 0 Å². The number of carbonyl (C=O) groups excluding carboxylic acids is 1. The first-order valence-electron chi connectivity index (χ1n) is 9.74. The molecule has 5 heteroatoms. The van der Waals surface area contributed by atoms with Crippen LogP contribution in [0.25, 0.3) is 27.7 Å². The number of benzene rings is 2. The number of furan rings is 1. The molecule has 3 aromatic rings. The van der Waals surface area contributed by atoms with E-state index in [2.05, 4.69) is 36.5 Å². The Labute approximate surface area is 171 Å². The Bertz CT molecular complexity index is 1020. The third kappa shape index (κ3) is 4.87. The molecule has 0 aliphatic carbocycles. The maximum absolute atomic E-state index is 12.2. The molecule has 0 unspecified atom stereocenters. The quantitative estimate of drug-likeness (QED) is 0.433. The zero-order chi connectivity index (χ0) is 20.8. The second-order valence-electron chi connectivity index (χ2n) is 6.90. The Hall–Kier alpha value is -3.05. The molecule has 29 heavy (non-hydrogen) atoms. The summed E-state index contributed by atoms with van der Waals surface area (Å²) >= 11 is 0. The van der Waals surface area contributed by atoms with Crippen LogP contribution in [0.1, 0.15) is 25.0 Å². The van der Waals surface area contributed by atoms with Gasteiger partial charge in [-0.1, -0.05) is 29.8 Å². The van der Waals surface area contributed by atoms with Crippen LogP contribution in [0.15, 0.2) is 53.2 Å². The zero-order valence-electron chi connectivity index (χ0n) is 17.4. The van der Waals surface area contributed by atoms with Crippen molar-refractivity contribution >= 4 is 22.4 Å². The number of allylic oxidation sites excluding steroid dienone is 1. The van der Waals surface area contributed by atoms with Crippen molar-refractivity contribution in [2.75, 3.05) is 26.9 Å². The molecule has 1 heterocycles. The van der Waals surface area contributed by atoms with Crippen molar-refractivity contribution in [3.8, 4) is 16.9 Å².